The molecule has 0 aliphatic heterocycles. The van der Waals surface area contributed by atoms with Crippen LogP contribution < -0.4 is 5.32 Å². The van der Waals surface area contributed by atoms with Gasteiger partial charge in [-0.05, 0) is 37.1 Å². The highest BCUT2D eigenvalue weighted by molar-refractivity contribution is 5.77. The highest BCUT2D eigenvalue weighted by Gasteiger charge is 2.14. The van der Waals surface area contributed by atoms with Crippen LogP contribution in [0.25, 0.3) is 11.0 Å². The minimum Gasteiger partial charge on any atom is -0.331 e. The van der Waals surface area contributed by atoms with E-state index in [-0.39, 0.29) is 0 Å². The van der Waals surface area contributed by atoms with Gasteiger partial charge in [0.2, 0.25) is 0 Å². The molecule has 0 fully saturated rings. The van der Waals surface area contributed by atoms with E-state index in [0.717, 1.165) is 24.3 Å². The topological polar surface area (TPSA) is 29.9 Å². The predicted octanol–water partition coefficient (Wildman–Crippen LogP) is 3.41. The lowest BCUT2D eigenvalue weighted by molar-refractivity contribution is 0.612. The first-order valence-corrected chi connectivity index (χ1v) is 7.19. The quantitative estimate of drug-likeness (QED) is 0.891. The van der Waals surface area contributed by atoms with Crippen molar-refractivity contribution >= 4 is 11.0 Å². The van der Waals surface area contributed by atoms with Crippen molar-refractivity contribution in [2.24, 2.45) is 7.05 Å². The van der Waals surface area contributed by atoms with Gasteiger partial charge in [0.25, 0.3) is 0 Å². The molecule has 104 valence electrons. The van der Waals surface area contributed by atoms with Crippen LogP contribution in [0.2, 0.25) is 0 Å². The Bertz CT molecular complexity index is 554. The lowest BCUT2D eigenvalue weighted by Crippen LogP contribution is -2.16. The second-order valence-electron chi connectivity index (χ2n) is 5.59. The van der Waals surface area contributed by atoms with Crippen LogP contribution in [-0.4, -0.2) is 23.1 Å². The largest absolute Gasteiger partial charge is 0.331 e. The van der Waals surface area contributed by atoms with Gasteiger partial charge in [0.15, 0.2) is 0 Å². The number of imidazole rings is 1. The maximum Gasteiger partial charge on any atom is 0.112 e. The Labute approximate surface area is 116 Å². The van der Waals surface area contributed by atoms with Gasteiger partial charge in [-0.3, -0.25) is 0 Å². The number of nitrogens with zero attached hydrogens (tertiary/aromatic N) is 2. The SMILES string of the molecule is CCC(CNC)c1ccc2nc(C(C)C)n(C)c2c1. The normalized spacial score (nSPS) is 13.4. The van der Waals surface area contributed by atoms with Crippen LogP contribution in [0.5, 0.6) is 0 Å². The molecule has 0 saturated carbocycles. The summed E-state index contributed by atoms with van der Waals surface area (Å²) in [7, 11) is 4.13. The third-order valence-corrected chi connectivity index (χ3v) is 3.87. The first-order chi connectivity index (χ1) is 9.08. The van der Waals surface area contributed by atoms with E-state index in [1.165, 1.54) is 11.1 Å². The van der Waals surface area contributed by atoms with Gasteiger partial charge in [-0.25, -0.2) is 4.98 Å². The third kappa shape index (κ3) is 2.66. The third-order valence-electron chi connectivity index (χ3n) is 3.87. The molecule has 1 heterocycles. The molecule has 1 unspecified atom stereocenters. The molecule has 0 saturated heterocycles. The summed E-state index contributed by atoms with van der Waals surface area (Å²) in [5.41, 5.74) is 3.76. The Kier molecular flexibility index (Phi) is 4.25. The van der Waals surface area contributed by atoms with Gasteiger partial charge >= 0.3 is 0 Å². The number of hydrogen-bond donors (Lipinski definition) is 1. The average Bonchev–Trinajstić information content (AvgIpc) is 2.73. The zero-order chi connectivity index (χ0) is 14.0. The summed E-state index contributed by atoms with van der Waals surface area (Å²) in [6.45, 7) is 7.65. The second-order valence-corrected chi connectivity index (χ2v) is 5.59. The molecule has 3 nitrogen and oxygen atoms in total. The summed E-state index contributed by atoms with van der Waals surface area (Å²) in [5, 5.41) is 3.28. The van der Waals surface area contributed by atoms with Crippen LogP contribution in [-0.2, 0) is 7.05 Å². The maximum atomic E-state index is 4.73. The number of aromatic nitrogens is 2. The second kappa shape index (κ2) is 5.74. The van der Waals surface area contributed by atoms with E-state index in [1.807, 2.05) is 7.05 Å². The molecule has 0 radical (unpaired) electrons. The van der Waals surface area contributed by atoms with Crippen LogP contribution in [0.4, 0.5) is 0 Å². The van der Waals surface area contributed by atoms with Crippen molar-refractivity contribution in [2.75, 3.05) is 13.6 Å². The number of benzene rings is 1. The van der Waals surface area contributed by atoms with Crippen molar-refractivity contribution < 1.29 is 0 Å². The number of likely N-dealkylation sites (N-methyl/N-ethyl adjacent to an activating group) is 1. The monoisotopic (exact) mass is 259 g/mol. The standard InChI is InChI=1S/C16H25N3/c1-6-12(10-17-4)13-7-8-14-15(9-13)19(5)16(18-14)11(2)3/h7-9,11-12,17H,6,10H2,1-5H3. The molecule has 19 heavy (non-hydrogen) atoms. The van der Waals surface area contributed by atoms with Gasteiger partial charge in [0.1, 0.15) is 5.82 Å². The Morgan fingerprint density at radius 3 is 2.63 bits per heavy atom. The molecule has 3 heteroatoms. The van der Waals surface area contributed by atoms with E-state index >= 15 is 0 Å². The molecule has 2 rings (SSSR count). The summed E-state index contributed by atoms with van der Waals surface area (Å²) in [5.74, 6) is 2.20. The summed E-state index contributed by atoms with van der Waals surface area (Å²) in [4.78, 5) is 4.73. The van der Waals surface area contributed by atoms with E-state index in [9.17, 15) is 0 Å². The van der Waals surface area contributed by atoms with E-state index in [2.05, 4.69) is 55.9 Å². The molecule has 0 aliphatic carbocycles. The molecule has 0 aliphatic rings. The Hall–Kier alpha value is -1.35. The van der Waals surface area contributed by atoms with E-state index in [0.29, 0.717) is 11.8 Å². The Balaban J connectivity index is 2.47. The minimum absolute atomic E-state index is 0.458. The van der Waals surface area contributed by atoms with Crippen molar-refractivity contribution in [3.8, 4) is 0 Å². The van der Waals surface area contributed by atoms with Crippen LogP contribution >= 0.6 is 0 Å². The first-order valence-electron chi connectivity index (χ1n) is 7.19. The molecular formula is C16H25N3. The fourth-order valence-electron chi connectivity index (χ4n) is 2.74. The fraction of sp³-hybridized carbons (Fsp3) is 0.562. The number of fused-ring (bicyclic) bond motifs is 1. The molecule has 0 bridgehead atoms. The van der Waals surface area contributed by atoms with Crippen molar-refractivity contribution in [3.63, 3.8) is 0 Å². The molecule has 0 amide bonds. The van der Waals surface area contributed by atoms with Crippen LogP contribution in [0.1, 0.15) is 50.4 Å². The van der Waals surface area contributed by atoms with E-state index in [1.54, 1.807) is 0 Å². The zero-order valence-electron chi connectivity index (χ0n) is 12.7. The maximum absolute atomic E-state index is 4.73. The molecule has 2 aromatic rings. The average molecular weight is 259 g/mol. The smallest absolute Gasteiger partial charge is 0.112 e. The van der Waals surface area contributed by atoms with Crippen molar-refractivity contribution in [2.45, 2.75) is 39.0 Å². The summed E-state index contributed by atoms with van der Waals surface area (Å²) in [6.07, 6.45) is 1.15. The van der Waals surface area contributed by atoms with E-state index < -0.39 is 0 Å². The fourth-order valence-corrected chi connectivity index (χ4v) is 2.74. The number of hydrogen-bond acceptors (Lipinski definition) is 2. The zero-order valence-corrected chi connectivity index (χ0v) is 12.7. The highest BCUT2D eigenvalue weighted by Crippen LogP contribution is 2.26. The van der Waals surface area contributed by atoms with Gasteiger partial charge in [-0.1, -0.05) is 26.8 Å². The van der Waals surface area contributed by atoms with Gasteiger partial charge in [0.05, 0.1) is 11.0 Å². The molecule has 1 atom stereocenters. The molecule has 1 aromatic carbocycles. The molecular weight excluding hydrogens is 234 g/mol. The number of rotatable bonds is 5. The lowest BCUT2D eigenvalue weighted by Gasteiger charge is -2.15. The number of aryl methyl sites for hydroxylation is 1. The van der Waals surface area contributed by atoms with Crippen LogP contribution in [0, 0.1) is 0 Å². The first kappa shape index (κ1) is 14.1. The molecule has 0 spiro atoms. The van der Waals surface area contributed by atoms with Gasteiger partial charge in [-0.15, -0.1) is 0 Å². The molecule has 1 aromatic heterocycles. The van der Waals surface area contributed by atoms with Crippen LogP contribution in [0.15, 0.2) is 18.2 Å². The van der Waals surface area contributed by atoms with Gasteiger partial charge in [-0.2, -0.15) is 0 Å². The summed E-state index contributed by atoms with van der Waals surface area (Å²) < 4.78 is 2.23. The van der Waals surface area contributed by atoms with E-state index in [4.69, 9.17) is 4.98 Å². The van der Waals surface area contributed by atoms with Crippen LogP contribution in [0.3, 0.4) is 0 Å². The van der Waals surface area contributed by atoms with Gasteiger partial charge in [0, 0.05) is 19.5 Å². The molecule has 1 N–H and O–H groups in total. The Morgan fingerprint density at radius 1 is 1.32 bits per heavy atom. The predicted molar refractivity (Wildman–Crippen MR) is 81.8 cm³/mol. The van der Waals surface area contributed by atoms with Crippen molar-refractivity contribution in [1.29, 1.82) is 0 Å². The highest BCUT2D eigenvalue weighted by atomic mass is 15.1. The van der Waals surface area contributed by atoms with Gasteiger partial charge < -0.3 is 9.88 Å². The van der Waals surface area contributed by atoms with Crippen molar-refractivity contribution in [1.82, 2.24) is 14.9 Å². The minimum atomic E-state index is 0.458. The Morgan fingerprint density at radius 2 is 2.05 bits per heavy atom. The lowest BCUT2D eigenvalue weighted by atomic mass is 9.96. The van der Waals surface area contributed by atoms with Crippen molar-refractivity contribution in [3.05, 3.63) is 29.6 Å². The number of nitrogens with one attached hydrogen (secondary N) is 1. The summed E-state index contributed by atoms with van der Waals surface area (Å²) >= 11 is 0. The summed E-state index contributed by atoms with van der Waals surface area (Å²) in [6, 6.07) is 6.69.